The van der Waals surface area contributed by atoms with Gasteiger partial charge in [0.15, 0.2) is 0 Å². The molecule has 6 heteroatoms. The third-order valence-corrected chi connectivity index (χ3v) is 4.88. The Labute approximate surface area is 168 Å². The van der Waals surface area contributed by atoms with Gasteiger partial charge in [-0.2, -0.15) is 8.42 Å². The van der Waals surface area contributed by atoms with Crippen LogP contribution in [0.3, 0.4) is 0 Å². The van der Waals surface area contributed by atoms with Crippen LogP contribution >= 0.6 is 0 Å². The Morgan fingerprint density at radius 2 is 1.58 bits per heavy atom. The van der Waals surface area contributed by atoms with E-state index in [1.54, 1.807) is 12.1 Å². The molecule has 0 aliphatic rings. The van der Waals surface area contributed by atoms with E-state index in [1.165, 1.54) is 12.8 Å². The van der Waals surface area contributed by atoms with Crippen molar-refractivity contribution in [1.82, 2.24) is 0 Å². The maximum absolute atomic E-state index is 12.3. The number of hydrogen-bond donors (Lipinski definition) is 0. The first kappa shape index (κ1) is 23.3. The van der Waals surface area contributed by atoms with Crippen molar-refractivity contribution in [1.29, 1.82) is 0 Å². The number of benzene rings is 2. The second-order valence-corrected chi connectivity index (χ2v) is 6.75. The molecule has 0 amide bonds. The zero-order chi connectivity index (χ0) is 17.1. The predicted molar refractivity (Wildman–Crippen MR) is 94.1 cm³/mol. The van der Waals surface area contributed by atoms with Crippen LogP contribution in [0.15, 0.2) is 47.4 Å². The van der Waals surface area contributed by atoms with Gasteiger partial charge >= 0.3 is 29.6 Å². The standard InChI is InChI=1S/C17H22O3S.CH2O.Na.H/c1-2-3-4-5-8-14-20-21(18,19)17-13-9-11-15-10-6-7-12-16(15)17;1-2;;/h6-7,9-13H,2-5,8,14H2,1H3;1H2;;/q;;+1;-1. The van der Waals surface area contributed by atoms with Gasteiger partial charge in [0.25, 0.3) is 10.1 Å². The molecule has 0 saturated heterocycles. The molecule has 128 valence electrons. The number of hydrogen-bond acceptors (Lipinski definition) is 4. The summed E-state index contributed by atoms with van der Waals surface area (Å²) in [4.78, 5) is 8.26. The van der Waals surface area contributed by atoms with E-state index in [9.17, 15) is 8.42 Å². The van der Waals surface area contributed by atoms with Crippen LogP contribution < -0.4 is 29.6 Å². The molecule has 0 aromatic heterocycles. The van der Waals surface area contributed by atoms with E-state index in [-0.39, 0.29) is 42.5 Å². The van der Waals surface area contributed by atoms with Gasteiger partial charge in [0.2, 0.25) is 0 Å². The van der Waals surface area contributed by atoms with Gasteiger partial charge in [0.05, 0.1) is 6.61 Å². The first-order valence-electron chi connectivity index (χ1n) is 7.81. The van der Waals surface area contributed by atoms with E-state index < -0.39 is 10.1 Å². The molecule has 4 nitrogen and oxygen atoms in total. The van der Waals surface area contributed by atoms with Gasteiger partial charge in [-0.3, -0.25) is 4.18 Å². The minimum absolute atomic E-state index is 0. The molecule has 24 heavy (non-hydrogen) atoms. The van der Waals surface area contributed by atoms with Crippen molar-refractivity contribution in [2.24, 2.45) is 0 Å². The maximum Gasteiger partial charge on any atom is 1.00 e. The Bertz CT molecular complexity index is 702. The van der Waals surface area contributed by atoms with Crippen molar-refractivity contribution >= 4 is 27.7 Å². The summed E-state index contributed by atoms with van der Waals surface area (Å²) in [6, 6.07) is 12.7. The molecule has 0 atom stereocenters. The normalized spacial score (nSPS) is 10.5. The fourth-order valence-electron chi connectivity index (χ4n) is 2.35. The summed E-state index contributed by atoms with van der Waals surface area (Å²) in [5.41, 5.74) is 0. The molecule has 2 aromatic rings. The molecular weight excluding hydrogens is 335 g/mol. The average molecular weight is 360 g/mol. The summed E-state index contributed by atoms with van der Waals surface area (Å²) in [5.74, 6) is 0. The first-order valence-corrected chi connectivity index (χ1v) is 9.22. The summed E-state index contributed by atoms with van der Waals surface area (Å²) in [6.07, 6.45) is 5.29. The summed E-state index contributed by atoms with van der Waals surface area (Å²) >= 11 is 0. The number of rotatable bonds is 8. The first-order chi connectivity index (χ1) is 11.1. The van der Waals surface area contributed by atoms with Crippen LogP contribution in [0.5, 0.6) is 0 Å². The van der Waals surface area contributed by atoms with Gasteiger partial charge in [-0.15, -0.1) is 0 Å². The van der Waals surface area contributed by atoms with E-state index in [2.05, 4.69) is 6.92 Å². The van der Waals surface area contributed by atoms with E-state index >= 15 is 0 Å². The zero-order valence-electron chi connectivity index (χ0n) is 15.5. The number of carbonyl (C=O) groups is 1. The second-order valence-electron chi connectivity index (χ2n) is 5.17. The van der Waals surface area contributed by atoms with E-state index in [4.69, 9.17) is 8.98 Å². The van der Waals surface area contributed by atoms with Crippen LogP contribution in [-0.4, -0.2) is 21.8 Å². The van der Waals surface area contributed by atoms with Gasteiger partial charge in [-0.25, -0.2) is 0 Å². The molecule has 2 aromatic carbocycles. The Morgan fingerprint density at radius 1 is 0.958 bits per heavy atom. The summed E-state index contributed by atoms with van der Waals surface area (Å²) in [7, 11) is -3.68. The van der Waals surface area contributed by atoms with E-state index in [0.29, 0.717) is 5.39 Å². The van der Waals surface area contributed by atoms with Crippen LogP contribution in [-0.2, 0) is 19.1 Å². The van der Waals surface area contributed by atoms with Crippen LogP contribution in [0.1, 0.15) is 40.5 Å². The largest absolute Gasteiger partial charge is 1.00 e. The van der Waals surface area contributed by atoms with Crippen molar-refractivity contribution in [3.63, 3.8) is 0 Å². The fourth-order valence-corrected chi connectivity index (χ4v) is 3.52. The smallest absolute Gasteiger partial charge is 1.00 e. The molecule has 0 unspecified atom stereocenters. The molecule has 0 heterocycles. The topological polar surface area (TPSA) is 60.4 Å². The average Bonchev–Trinajstić information content (AvgIpc) is 2.59. The third kappa shape index (κ3) is 7.03. The Kier molecular flexibility index (Phi) is 12.2. The third-order valence-electron chi connectivity index (χ3n) is 3.51. The quantitative estimate of drug-likeness (QED) is 0.406. The van der Waals surface area contributed by atoms with Gasteiger partial charge in [-0.1, -0.05) is 69.0 Å². The molecule has 0 aliphatic heterocycles. The minimum atomic E-state index is -3.68. The molecule has 2 rings (SSSR count). The van der Waals surface area contributed by atoms with Crippen molar-refractivity contribution in [2.75, 3.05) is 6.61 Å². The van der Waals surface area contributed by atoms with Crippen LogP contribution in [0, 0.1) is 0 Å². The monoisotopic (exact) mass is 360 g/mol. The molecule has 0 aliphatic carbocycles. The predicted octanol–water partition coefficient (Wildman–Crippen LogP) is 1.45. The number of unbranched alkanes of at least 4 members (excludes halogenated alkanes) is 4. The maximum atomic E-state index is 12.3. The molecule has 0 fully saturated rings. The van der Waals surface area contributed by atoms with Crippen LogP contribution in [0.2, 0.25) is 0 Å². The number of fused-ring (bicyclic) bond motifs is 1. The van der Waals surface area contributed by atoms with E-state index in [0.717, 1.165) is 24.6 Å². The van der Waals surface area contributed by atoms with Crippen molar-refractivity contribution in [3.8, 4) is 0 Å². The summed E-state index contributed by atoms with van der Waals surface area (Å²) in [6.45, 7) is 4.41. The minimum Gasteiger partial charge on any atom is -1.00 e. The Balaban J connectivity index is 0. The summed E-state index contributed by atoms with van der Waals surface area (Å²) in [5, 5.41) is 1.62. The fraction of sp³-hybridized carbons (Fsp3) is 0.389. The molecule has 0 saturated carbocycles. The molecule has 0 N–H and O–H groups in total. The number of carbonyl (C=O) groups excluding carboxylic acids is 1. The molecule has 0 radical (unpaired) electrons. The van der Waals surface area contributed by atoms with Gasteiger partial charge in [-0.05, 0) is 17.9 Å². The van der Waals surface area contributed by atoms with Gasteiger partial charge in [0.1, 0.15) is 11.7 Å². The molecular formula is C18H25NaO4S. The van der Waals surface area contributed by atoms with Gasteiger partial charge < -0.3 is 6.22 Å². The van der Waals surface area contributed by atoms with Gasteiger partial charge in [0, 0.05) is 5.39 Å². The Hall–Kier alpha value is -0.720. The SMILES string of the molecule is C=O.CCCCCCCOS(=O)(=O)c1cccc2ccccc12.[H-].[Na+]. The van der Waals surface area contributed by atoms with Crippen molar-refractivity contribution < 1.29 is 48.4 Å². The molecule has 0 spiro atoms. The summed E-state index contributed by atoms with van der Waals surface area (Å²) < 4.78 is 29.8. The van der Waals surface area contributed by atoms with Crippen LogP contribution in [0.25, 0.3) is 10.8 Å². The van der Waals surface area contributed by atoms with E-state index in [1.807, 2.05) is 37.1 Å². The van der Waals surface area contributed by atoms with Crippen molar-refractivity contribution in [3.05, 3.63) is 42.5 Å². The Morgan fingerprint density at radius 3 is 2.29 bits per heavy atom. The molecule has 0 bridgehead atoms. The zero-order valence-corrected chi connectivity index (χ0v) is 17.3. The second kappa shape index (κ2) is 12.6. The van der Waals surface area contributed by atoms with Crippen molar-refractivity contribution in [2.45, 2.75) is 43.9 Å². The van der Waals surface area contributed by atoms with Crippen LogP contribution in [0.4, 0.5) is 0 Å².